The Kier molecular flexibility index (Phi) is 6.76. The maximum Gasteiger partial charge on any atom is 0.266 e. The fourth-order valence-corrected chi connectivity index (χ4v) is 2.78. The first kappa shape index (κ1) is 19.5. The van der Waals surface area contributed by atoms with E-state index in [-0.39, 0.29) is 5.57 Å². The van der Waals surface area contributed by atoms with Crippen LogP contribution in [0.3, 0.4) is 0 Å². The number of ether oxygens (including phenoxy) is 1. The third-order valence-corrected chi connectivity index (χ3v) is 4.46. The van der Waals surface area contributed by atoms with E-state index in [1.165, 1.54) is 0 Å². The molecule has 4 nitrogen and oxygen atoms in total. The number of anilines is 1. The highest BCUT2D eigenvalue weighted by atomic mass is 79.9. The summed E-state index contributed by atoms with van der Waals surface area (Å²) in [5, 5.41) is 12.2. The van der Waals surface area contributed by atoms with Gasteiger partial charge in [0.25, 0.3) is 5.91 Å². The highest BCUT2D eigenvalue weighted by Gasteiger charge is 2.12. The van der Waals surface area contributed by atoms with Crippen LogP contribution in [-0.4, -0.2) is 12.5 Å². The van der Waals surface area contributed by atoms with Gasteiger partial charge in [-0.2, -0.15) is 5.26 Å². The van der Waals surface area contributed by atoms with E-state index >= 15 is 0 Å². The molecule has 0 fully saturated rings. The summed E-state index contributed by atoms with van der Waals surface area (Å²) in [5.41, 5.74) is 3.49. The fourth-order valence-electron chi connectivity index (χ4n) is 2.26. The van der Waals surface area contributed by atoms with Crippen LogP contribution in [0.25, 0.3) is 6.08 Å². The van der Waals surface area contributed by atoms with E-state index in [4.69, 9.17) is 4.74 Å². The minimum Gasteiger partial charge on any atom is -0.488 e. The van der Waals surface area contributed by atoms with Gasteiger partial charge in [-0.3, -0.25) is 4.79 Å². The van der Waals surface area contributed by atoms with E-state index < -0.39 is 5.91 Å². The first-order valence-corrected chi connectivity index (χ1v) is 8.78. The van der Waals surface area contributed by atoms with Crippen molar-refractivity contribution in [2.45, 2.75) is 13.8 Å². The molecule has 0 aromatic heterocycles. The van der Waals surface area contributed by atoms with Gasteiger partial charge in [0.15, 0.2) is 0 Å². The first-order valence-electron chi connectivity index (χ1n) is 7.99. The number of aryl methyl sites for hydroxylation is 1. The van der Waals surface area contributed by atoms with Crippen molar-refractivity contribution in [1.29, 1.82) is 5.26 Å². The summed E-state index contributed by atoms with van der Waals surface area (Å²) >= 11 is 3.43. The van der Waals surface area contributed by atoms with Crippen molar-refractivity contribution in [3.8, 4) is 11.8 Å². The SMILES string of the molecule is C=CCOc1ccc(/C=C(\C#N)C(=O)Nc2cccc(C)c2C)cc1Br. The van der Waals surface area contributed by atoms with Crippen molar-refractivity contribution in [1.82, 2.24) is 0 Å². The van der Waals surface area contributed by atoms with Crippen LogP contribution in [0.15, 0.2) is 59.1 Å². The van der Waals surface area contributed by atoms with Crippen molar-refractivity contribution in [2.24, 2.45) is 0 Å². The summed E-state index contributed by atoms with van der Waals surface area (Å²) in [5.74, 6) is 0.227. The van der Waals surface area contributed by atoms with Crippen LogP contribution in [0.2, 0.25) is 0 Å². The number of nitrogens with one attached hydrogen (secondary N) is 1. The molecule has 0 bridgehead atoms. The molecule has 0 aliphatic heterocycles. The van der Waals surface area contributed by atoms with Gasteiger partial charge in [-0.15, -0.1) is 0 Å². The molecule has 2 aromatic carbocycles. The third-order valence-electron chi connectivity index (χ3n) is 3.84. The minimum atomic E-state index is -0.440. The number of hydrogen-bond donors (Lipinski definition) is 1. The number of benzene rings is 2. The van der Waals surface area contributed by atoms with Gasteiger partial charge in [0.2, 0.25) is 0 Å². The molecule has 0 aliphatic rings. The van der Waals surface area contributed by atoms with E-state index in [2.05, 4.69) is 27.8 Å². The maximum absolute atomic E-state index is 12.5. The van der Waals surface area contributed by atoms with E-state index in [9.17, 15) is 10.1 Å². The van der Waals surface area contributed by atoms with Crippen LogP contribution in [0.4, 0.5) is 5.69 Å². The molecule has 2 aromatic rings. The van der Waals surface area contributed by atoms with Gasteiger partial charge in [-0.05, 0) is 70.7 Å². The largest absolute Gasteiger partial charge is 0.488 e. The van der Waals surface area contributed by atoms with Crippen LogP contribution in [0, 0.1) is 25.2 Å². The second-order valence-electron chi connectivity index (χ2n) is 5.66. The number of carbonyl (C=O) groups excluding carboxylic acids is 1. The minimum absolute atomic E-state index is 0.0255. The first-order chi connectivity index (χ1) is 12.5. The van der Waals surface area contributed by atoms with E-state index in [1.54, 1.807) is 30.4 Å². The molecule has 5 heteroatoms. The van der Waals surface area contributed by atoms with E-state index in [1.807, 2.05) is 38.1 Å². The Balaban J connectivity index is 2.23. The Hall–Kier alpha value is -2.84. The summed E-state index contributed by atoms with van der Waals surface area (Å²) in [7, 11) is 0. The molecule has 2 rings (SSSR count). The number of carbonyl (C=O) groups is 1. The lowest BCUT2D eigenvalue weighted by molar-refractivity contribution is -0.112. The highest BCUT2D eigenvalue weighted by Crippen LogP contribution is 2.27. The molecule has 26 heavy (non-hydrogen) atoms. The molecule has 0 heterocycles. The number of hydrogen-bond acceptors (Lipinski definition) is 3. The molecule has 1 N–H and O–H groups in total. The van der Waals surface area contributed by atoms with Gasteiger partial charge >= 0.3 is 0 Å². The van der Waals surface area contributed by atoms with Gasteiger partial charge < -0.3 is 10.1 Å². The summed E-state index contributed by atoms with van der Waals surface area (Å²) < 4.78 is 6.23. The zero-order valence-electron chi connectivity index (χ0n) is 14.7. The highest BCUT2D eigenvalue weighted by molar-refractivity contribution is 9.10. The number of nitrogens with zero attached hydrogens (tertiary/aromatic N) is 1. The van der Waals surface area contributed by atoms with E-state index in [0.29, 0.717) is 18.0 Å². The Bertz CT molecular complexity index is 911. The second kappa shape index (κ2) is 9.02. The summed E-state index contributed by atoms with van der Waals surface area (Å²) in [6.07, 6.45) is 3.20. The van der Waals surface area contributed by atoms with Gasteiger partial charge in [0.05, 0.1) is 4.47 Å². The molecule has 0 radical (unpaired) electrons. The Morgan fingerprint density at radius 2 is 2.12 bits per heavy atom. The Morgan fingerprint density at radius 1 is 1.35 bits per heavy atom. The molecule has 0 saturated carbocycles. The lowest BCUT2D eigenvalue weighted by Gasteiger charge is -2.10. The average molecular weight is 411 g/mol. The smallest absolute Gasteiger partial charge is 0.266 e. The van der Waals surface area contributed by atoms with Crippen LogP contribution in [0.1, 0.15) is 16.7 Å². The number of halogens is 1. The Labute approximate surface area is 161 Å². The van der Waals surface area contributed by atoms with Crippen molar-refractivity contribution in [3.63, 3.8) is 0 Å². The lowest BCUT2D eigenvalue weighted by atomic mass is 10.1. The maximum atomic E-state index is 12.5. The number of rotatable bonds is 6. The summed E-state index contributed by atoms with van der Waals surface area (Å²) in [6, 6.07) is 13.0. The van der Waals surface area contributed by atoms with Crippen LogP contribution < -0.4 is 10.1 Å². The third kappa shape index (κ3) is 4.84. The molecular formula is C21H19BrN2O2. The fraction of sp³-hybridized carbons (Fsp3) is 0.143. The topological polar surface area (TPSA) is 62.1 Å². The van der Waals surface area contributed by atoms with Crippen molar-refractivity contribution in [2.75, 3.05) is 11.9 Å². The van der Waals surface area contributed by atoms with Gasteiger partial charge in [0, 0.05) is 5.69 Å². The monoisotopic (exact) mass is 410 g/mol. The normalized spacial score (nSPS) is 10.8. The van der Waals surface area contributed by atoms with Crippen molar-refractivity contribution >= 4 is 33.6 Å². The predicted molar refractivity (Wildman–Crippen MR) is 108 cm³/mol. The summed E-state index contributed by atoms with van der Waals surface area (Å²) in [4.78, 5) is 12.5. The van der Waals surface area contributed by atoms with Crippen molar-refractivity contribution in [3.05, 3.63) is 75.8 Å². The zero-order chi connectivity index (χ0) is 19.1. The second-order valence-corrected chi connectivity index (χ2v) is 6.52. The van der Waals surface area contributed by atoms with Crippen molar-refractivity contribution < 1.29 is 9.53 Å². The quantitative estimate of drug-likeness (QED) is 0.405. The molecule has 0 atom stereocenters. The molecule has 132 valence electrons. The molecule has 0 saturated heterocycles. The van der Waals surface area contributed by atoms with Crippen LogP contribution in [-0.2, 0) is 4.79 Å². The number of amides is 1. The molecule has 0 aliphatic carbocycles. The Morgan fingerprint density at radius 3 is 2.77 bits per heavy atom. The molecular weight excluding hydrogens is 392 g/mol. The lowest BCUT2D eigenvalue weighted by Crippen LogP contribution is -2.14. The average Bonchev–Trinajstić information content (AvgIpc) is 2.62. The molecule has 1 amide bonds. The van der Waals surface area contributed by atoms with Crippen LogP contribution >= 0.6 is 15.9 Å². The van der Waals surface area contributed by atoms with E-state index in [0.717, 1.165) is 21.2 Å². The zero-order valence-corrected chi connectivity index (χ0v) is 16.3. The molecule has 0 unspecified atom stereocenters. The van der Waals surface area contributed by atoms with Gasteiger partial charge in [-0.1, -0.05) is 30.9 Å². The number of nitriles is 1. The van der Waals surface area contributed by atoms with Crippen LogP contribution in [0.5, 0.6) is 5.75 Å². The molecule has 0 spiro atoms. The van der Waals surface area contributed by atoms with Gasteiger partial charge in [0.1, 0.15) is 24.0 Å². The standard InChI is InChI=1S/C21H19BrN2O2/c1-4-10-26-20-9-8-16(12-18(20)22)11-17(13-23)21(25)24-19-7-5-6-14(2)15(19)3/h4-9,11-12H,1,10H2,2-3H3,(H,24,25)/b17-11+. The van der Waals surface area contributed by atoms with Gasteiger partial charge in [-0.25, -0.2) is 0 Å². The summed E-state index contributed by atoms with van der Waals surface area (Å²) in [6.45, 7) is 7.91. The predicted octanol–water partition coefficient (Wildman–Crippen LogP) is 5.18.